The number of carboxylic acid groups (broad SMARTS) is 1. The Hall–Kier alpha value is -1.29. The van der Waals surface area contributed by atoms with Crippen LogP contribution in [0.4, 0.5) is 0 Å². The van der Waals surface area contributed by atoms with E-state index < -0.39 is 5.97 Å². The lowest BCUT2D eigenvalue weighted by Gasteiger charge is -2.00. The van der Waals surface area contributed by atoms with Gasteiger partial charge in [-0.05, 0) is 31.7 Å². The Morgan fingerprint density at radius 2 is 2.41 bits per heavy atom. The molecule has 1 aromatic rings. The maximum Gasteiger partial charge on any atom is 0.339 e. The predicted molar refractivity (Wildman–Crippen MR) is 64.0 cm³/mol. The molecule has 1 fully saturated rings. The molecule has 1 aliphatic rings. The molecule has 94 valence electrons. The number of nitrogens with one attached hydrogen (secondary N) is 1. The Bertz CT molecular complexity index is 411. The van der Waals surface area contributed by atoms with Crippen LogP contribution in [0.3, 0.4) is 0 Å². The summed E-state index contributed by atoms with van der Waals surface area (Å²) in [6.07, 6.45) is 3.74. The number of carboxylic acids is 1. The first kappa shape index (κ1) is 12.2. The van der Waals surface area contributed by atoms with E-state index in [0.29, 0.717) is 24.1 Å². The SMILES string of the molecule is CCCC1CC1NCc1cc(C(=O)O)c(C)o1. The highest BCUT2D eigenvalue weighted by Gasteiger charge is 2.35. The summed E-state index contributed by atoms with van der Waals surface area (Å²) in [6, 6.07) is 2.20. The van der Waals surface area contributed by atoms with Crippen LogP contribution in [0, 0.1) is 12.8 Å². The number of aryl methyl sites for hydroxylation is 1. The van der Waals surface area contributed by atoms with Crippen molar-refractivity contribution in [3.63, 3.8) is 0 Å². The molecule has 17 heavy (non-hydrogen) atoms. The minimum absolute atomic E-state index is 0.266. The summed E-state index contributed by atoms with van der Waals surface area (Å²) < 4.78 is 5.41. The van der Waals surface area contributed by atoms with E-state index in [4.69, 9.17) is 9.52 Å². The minimum atomic E-state index is -0.923. The van der Waals surface area contributed by atoms with E-state index in [2.05, 4.69) is 12.2 Å². The van der Waals surface area contributed by atoms with Crippen LogP contribution >= 0.6 is 0 Å². The fourth-order valence-electron chi connectivity index (χ4n) is 2.26. The molecule has 2 rings (SSSR count). The third-order valence-corrected chi connectivity index (χ3v) is 3.32. The van der Waals surface area contributed by atoms with Gasteiger partial charge < -0.3 is 14.8 Å². The van der Waals surface area contributed by atoms with Gasteiger partial charge in [0.05, 0.1) is 6.54 Å². The van der Waals surface area contributed by atoms with Gasteiger partial charge >= 0.3 is 5.97 Å². The van der Waals surface area contributed by atoms with E-state index >= 15 is 0 Å². The molecule has 0 aliphatic heterocycles. The standard InChI is InChI=1S/C13H19NO3/c1-3-4-9-5-12(9)14-7-10-6-11(13(15)16)8(2)17-10/h6,9,12,14H,3-5,7H2,1-2H3,(H,15,16). The number of aromatic carboxylic acids is 1. The normalized spacial score (nSPS) is 22.7. The maximum atomic E-state index is 10.8. The lowest BCUT2D eigenvalue weighted by atomic mass is 10.2. The molecule has 0 bridgehead atoms. The second kappa shape index (κ2) is 4.92. The second-order valence-electron chi connectivity index (χ2n) is 4.76. The zero-order chi connectivity index (χ0) is 12.4. The second-order valence-corrected chi connectivity index (χ2v) is 4.76. The van der Waals surface area contributed by atoms with Crippen molar-refractivity contribution >= 4 is 5.97 Å². The lowest BCUT2D eigenvalue weighted by molar-refractivity contribution is 0.0695. The highest BCUT2D eigenvalue weighted by Crippen LogP contribution is 2.34. The Balaban J connectivity index is 1.84. The molecule has 2 unspecified atom stereocenters. The molecule has 4 heteroatoms. The van der Waals surface area contributed by atoms with Crippen molar-refractivity contribution in [1.82, 2.24) is 5.32 Å². The van der Waals surface area contributed by atoms with Crippen LogP contribution in [0.2, 0.25) is 0 Å². The van der Waals surface area contributed by atoms with E-state index in [1.54, 1.807) is 13.0 Å². The molecule has 0 saturated heterocycles. The van der Waals surface area contributed by atoms with Crippen LogP contribution in [0.25, 0.3) is 0 Å². The average molecular weight is 237 g/mol. The largest absolute Gasteiger partial charge is 0.478 e. The van der Waals surface area contributed by atoms with Gasteiger partial charge in [0.15, 0.2) is 0 Å². The molecular weight excluding hydrogens is 218 g/mol. The van der Waals surface area contributed by atoms with Crippen LogP contribution in [0.5, 0.6) is 0 Å². The molecule has 0 aromatic carbocycles. The molecule has 1 heterocycles. The molecule has 2 atom stereocenters. The number of hydrogen-bond donors (Lipinski definition) is 2. The van der Waals surface area contributed by atoms with Gasteiger partial charge in [-0.2, -0.15) is 0 Å². The number of carbonyl (C=O) groups is 1. The van der Waals surface area contributed by atoms with Crippen LogP contribution < -0.4 is 5.32 Å². The van der Waals surface area contributed by atoms with Crippen molar-refractivity contribution in [1.29, 1.82) is 0 Å². The van der Waals surface area contributed by atoms with Crippen molar-refractivity contribution in [2.45, 2.75) is 45.7 Å². The number of hydrogen-bond acceptors (Lipinski definition) is 3. The fraction of sp³-hybridized carbons (Fsp3) is 0.615. The Labute approximate surface area is 101 Å². The monoisotopic (exact) mass is 237 g/mol. The summed E-state index contributed by atoms with van der Waals surface area (Å²) in [5.74, 6) is 1.07. The van der Waals surface area contributed by atoms with Gasteiger partial charge in [-0.1, -0.05) is 13.3 Å². The van der Waals surface area contributed by atoms with Gasteiger partial charge in [-0.3, -0.25) is 0 Å². The first-order chi connectivity index (χ1) is 8.11. The van der Waals surface area contributed by atoms with Crippen LogP contribution in [-0.2, 0) is 6.54 Å². The molecule has 0 spiro atoms. The third kappa shape index (κ3) is 2.88. The van der Waals surface area contributed by atoms with Gasteiger partial charge in [0.1, 0.15) is 17.1 Å². The zero-order valence-electron chi connectivity index (χ0n) is 10.3. The zero-order valence-corrected chi connectivity index (χ0v) is 10.3. The van der Waals surface area contributed by atoms with E-state index in [1.165, 1.54) is 19.3 Å². The summed E-state index contributed by atoms with van der Waals surface area (Å²) in [5.41, 5.74) is 0.266. The molecule has 1 saturated carbocycles. The summed E-state index contributed by atoms with van der Waals surface area (Å²) in [5, 5.41) is 12.3. The van der Waals surface area contributed by atoms with E-state index in [9.17, 15) is 4.79 Å². The fourth-order valence-corrected chi connectivity index (χ4v) is 2.26. The van der Waals surface area contributed by atoms with Gasteiger partial charge in [-0.25, -0.2) is 4.79 Å². The van der Waals surface area contributed by atoms with Crippen molar-refractivity contribution in [2.75, 3.05) is 0 Å². The topological polar surface area (TPSA) is 62.5 Å². The molecular formula is C13H19NO3. The van der Waals surface area contributed by atoms with Crippen LogP contribution in [0.15, 0.2) is 10.5 Å². The van der Waals surface area contributed by atoms with Gasteiger partial charge in [-0.15, -0.1) is 0 Å². The maximum absolute atomic E-state index is 10.8. The Morgan fingerprint density at radius 1 is 1.65 bits per heavy atom. The van der Waals surface area contributed by atoms with Crippen LogP contribution in [0.1, 0.15) is 48.1 Å². The van der Waals surface area contributed by atoms with Crippen molar-refractivity contribution < 1.29 is 14.3 Å². The summed E-state index contributed by atoms with van der Waals surface area (Å²) in [6.45, 7) is 4.51. The molecule has 0 radical (unpaired) electrons. The van der Waals surface area contributed by atoms with E-state index in [0.717, 1.165) is 5.92 Å². The summed E-state index contributed by atoms with van der Waals surface area (Å²) in [7, 11) is 0. The van der Waals surface area contributed by atoms with Gasteiger partial charge in [0.2, 0.25) is 0 Å². The predicted octanol–water partition coefficient (Wildman–Crippen LogP) is 2.56. The number of rotatable bonds is 6. The minimum Gasteiger partial charge on any atom is -0.478 e. The van der Waals surface area contributed by atoms with Crippen molar-refractivity contribution in [3.8, 4) is 0 Å². The first-order valence-corrected chi connectivity index (χ1v) is 6.17. The summed E-state index contributed by atoms with van der Waals surface area (Å²) >= 11 is 0. The molecule has 1 aliphatic carbocycles. The lowest BCUT2D eigenvalue weighted by Crippen LogP contribution is -2.17. The molecule has 1 aromatic heterocycles. The van der Waals surface area contributed by atoms with E-state index in [-0.39, 0.29) is 5.56 Å². The van der Waals surface area contributed by atoms with Gasteiger partial charge in [0, 0.05) is 6.04 Å². The molecule has 0 amide bonds. The smallest absolute Gasteiger partial charge is 0.339 e. The highest BCUT2D eigenvalue weighted by atomic mass is 16.4. The summed E-state index contributed by atoms with van der Waals surface area (Å²) in [4.78, 5) is 10.8. The Kier molecular flexibility index (Phi) is 3.52. The average Bonchev–Trinajstić information content (AvgIpc) is 2.89. The molecule has 2 N–H and O–H groups in total. The molecule has 4 nitrogen and oxygen atoms in total. The third-order valence-electron chi connectivity index (χ3n) is 3.32. The highest BCUT2D eigenvalue weighted by molar-refractivity contribution is 5.88. The number of furan rings is 1. The van der Waals surface area contributed by atoms with Gasteiger partial charge in [0.25, 0.3) is 0 Å². The Morgan fingerprint density at radius 3 is 3.00 bits per heavy atom. The van der Waals surface area contributed by atoms with E-state index in [1.807, 2.05) is 0 Å². The van der Waals surface area contributed by atoms with Crippen molar-refractivity contribution in [3.05, 3.63) is 23.2 Å². The van der Waals surface area contributed by atoms with Crippen molar-refractivity contribution in [2.24, 2.45) is 5.92 Å². The quantitative estimate of drug-likeness (QED) is 0.798. The first-order valence-electron chi connectivity index (χ1n) is 6.17. The van der Waals surface area contributed by atoms with Crippen LogP contribution in [-0.4, -0.2) is 17.1 Å².